The van der Waals surface area contributed by atoms with E-state index in [2.05, 4.69) is 88.2 Å². The summed E-state index contributed by atoms with van der Waals surface area (Å²) >= 11 is 0. The summed E-state index contributed by atoms with van der Waals surface area (Å²) in [5.41, 5.74) is 4.16. The van der Waals surface area contributed by atoms with Gasteiger partial charge in [-0.15, -0.1) is 22.4 Å². The van der Waals surface area contributed by atoms with Crippen LogP contribution in [0.15, 0.2) is 24.6 Å². The second kappa shape index (κ2) is 7.79. The zero-order chi connectivity index (χ0) is 18.7. The van der Waals surface area contributed by atoms with Crippen molar-refractivity contribution in [2.45, 2.75) is 76.9 Å². The molecular formula is C17H39O2PSi3. The normalized spacial score (nSPS) is 18.9. The first-order valence-electron chi connectivity index (χ1n) is 8.53. The Balaban J connectivity index is 5.74. The molecule has 0 spiro atoms. The fourth-order valence-electron chi connectivity index (χ4n) is 2.57. The van der Waals surface area contributed by atoms with Gasteiger partial charge in [-0.1, -0.05) is 31.4 Å². The summed E-state index contributed by atoms with van der Waals surface area (Å²) in [7, 11) is -2.83. The molecular weight excluding hydrogens is 351 g/mol. The van der Waals surface area contributed by atoms with Crippen molar-refractivity contribution >= 4 is 33.9 Å². The third-order valence-electron chi connectivity index (χ3n) is 5.67. The standard InChI is InChI=1S/C17H39O2PSi3/c1-12-16(4,18-22(8,9)14-3)23(10,11)19-17(5,15-20)21(6,7)13-2/h13-14H,2-3,12,15,20H2,1,4-11H3. The summed E-state index contributed by atoms with van der Waals surface area (Å²) in [4.78, 5) is 0. The van der Waals surface area contributed by atoms with Gasteiger partial charge in [-0.2, -0.15) is 0 Å². The maximum Gasteiger partial charge on any atom is 0.216 e. The lowest BCUT2D eigenvalue weighted by Gasteiger charge is -2.52. The van der Waals surface area contributed by atoms with Gasteiger partial charge in [0.1, 0.15) is 8.07 Å². The molecule has 0 heterocycles. The zero-order valence-electron chi connectivity index (χ0n) is 16.9. The Morgan fingerprint density at radius 2 is 1.39 bits per heavy atom. The van der Waals surface area contributed by atoms with Crippen LogP contribution in [0.3, 0.4) is 0 Å². The monoisotopic (exact) mass is 390 g/mol. The second-order valence-corrected chi connectivity index (χ2v) is 21.9. The number of hydrogen-bond donors (Lipinski definition) is 0. The van der Waals surface area contributed by atoms with Crippen molar-refractivity contribution in [3.63, 3.8) is 0 Å². The molecule has 0 radical (unpaired) electrons. The van der Waals surface area contributed by atoms with E-state index in [-0.39, 0.29) is 10.4 Å². The van der Waals surface area contributed by atoms with Gasteiger partial charge in [-0.05, 0) is 52.6 Å². The summed E-state index contributed by atoms with van der Waals surface area (Å²) in [5, 5.41) is -0.363. The van der Waals surface area contributed by atoms with E-state index < -0.39 is 24.7 Å². The maximum atomic E-state index is 6.95. The largest absolute Gasteiger partial charge is 0.411 e. The first-order chi connectivity index (χ1) is 10.2. The minimum atomic E-state index is -2.13. The van der Waals surface area contributed by atoms with Crippen molar-refractivity contribution in [3.8, 4) is 0 Å². The molecule has 0 fully saturated rings. The van der Waals surface area contributed by atoms with Gasteiger partial charge in [0.15, 0.2) is 0 Å². The molecule has 0 saturated heterocycles. The minimum absolute atomic E-state index is 0.144. The van der Waals surface area contributed by atoms with Gasteiger partial charge in [0, 0.05) is 0 Å². The van der Waals surface area contributed by atoms with E-state index >= 15 is 0 Å². The molecule has 0 aliphatic carbocycles. The van der Waals surface area contributed by atoms with Crippen LogP contribution in [0.2, 0.25) is 39.3 Å². The van der Waals surface area contributed by atoms with E-state index in [4.69, 9.17) is 8.85 Å². The Bertz CT molecular complexity index is 438. The molecule has 3 unspecified atom stereocenters. The van der Waals surface area contributed by atoms with E-state index in [0.29, 0.717) is 0 Å². The quantitative estimate of drug-likeness (QED) is 0.364. The zero-order valence-corrected chi connectivity index (χ0v) is 21.0. The van der Waals surface area contributed by atoms with Crippen molar-refractivity contribution in [2.24, 2.45) is 0 Å². The SMILES string of the molecule is C=C[Si](C)(C)OC(C)(CC)[Si](C)(C)OC(C)(CP)[Si](C)(C)C=C. The fraction of sp³-hybridized carbons (Fsp3) is 0.765. The van der Waals surface area contributed by atoms with Crippen LogP contribution >= 0.6 is 9.24 Å². The van der Waals surface area contributed by atoms with Gasteiger partial charge in [0.2, 0.25) is 16.6 Å². The average molecular weight is 391 g/mol. The van der Waals surface area contributed by atoms with Crippen molar-refractivity contribution < 1.29 is 8.85 Å². The molecule has 0 rings (SSSR count). The van der Waals surface area contributed by atoms with Gasteiger partial charge in [0.05, 0.1) is 10.4 Å². The predicted octanol–water partition coefficient (Wildman–Crippen LogP) is 5.47. The molecule has 0 bridgehead atoms. The fourth-order valence-corrected chi connectivity index (χ4v) is 12.6. The lowest BCUT2D eigenvalue weighted by atomic mass is 10.3. The number of hydrogen-bond acceptors (Lipinski definition) is 2. The Hall–Kier alpha value is 0.481. The Kier molecular flexibility index (Phi) is 7.96. The van der Waals surface area contributed by atoms with Gasteiger partial charge >= 0.3 is 0 Å². The molecule has 0 amide bonds. The molecule has 0 aromatic heterocycles. The van der Waals surface area contributed by atoms with Crippen LogP contribution in [-0.2, 0) is 8.85 Å². The summed E-state index contributed by atoms with van der Waals surface area (Å²) in [6.45, 7) is 28.4. The molecule has 0 aromatic carbocycles. The molecule has 2 nitrogen and oxygen atoms in total. The molecule has 0 aliphatic heterocycles. The van der Waals surface area contributed by atoms with Crippen LogP contribution in [0.4, 0.5) is 0 Å². The lowest BCUT2D eigenvalue weighted by molar-refractivity contribution is 0.0891. The molecule has 23 heavy (non-hydrogen) atoms. The van der Waals surface area contributed by atoms with E-state index in [1.54, 1.807) is 0 Å². The van der Waals surface area contributed by atoms with Gasteiger partial charge in [-0.25, -0.2) is 0 Å². The first kappa shape index (κ1) is 23.5. The molecule has 136 valence electrons. The highest BCUT2D eigenvalue weighted by molar-refractivity contribution is 7.17. The molecule has 0 N–H and O–H groups in total. The highest BCUT2D eigenvalue weighted by Crippen LogP contribution is 2.39. The maximum absolute atomic E-state index is 6.95. The topological polar surface area (TPSA) is 18.5 Å². The third kappa shape index (κ3) is 5.23. The van der Waals surface area contributed by atoms with E-state index in [0.717, 1.165) is 12.6 Å². The van der Waals surface area contributed by atoms with Gasteiger partial charge in [0.25, 0.3) is 0 Å². The summed E-state index contributed by atoms with van der Waals surface area (Å²) in [6.07, 6.45) is 1.89. The van der Waals surface area contributed by atoms with E-state index in [9.17, 15) is 0 Å². The molecule has 0 aliphatic rings. The molecule has 6 heteroatoms. The highest BCUT2D eigenvalue weighted by Gasteiger charge is 2.53. The van der Waals surface area contributed by atoms with Crippen molar-refractivity contribution in [1.29, 1.82) is 0 Å². The molecule has 0 saturated carbocycles. The third-order valence-corrected chi connectivity index (χ3v) is 17.2. The van der Waals surface area contributed by atoms with Crippen LogP contribution in [0.25, 0.3) is 0 Å². The Morgan fingerprint density at radius 3 is 1.70 bits per heavy atom. The summed E-state index contributed by atoms with van der Waals surface area (Å²) in [5.74, 6) is 0. The average Bonchev–Trinajstić information content (AvgIpc) is 2.45. The summed E-state index contributed by atoms with van der Waals surface area (Å²) in [6, 6.07) is 0. The van der Waals surface area contributed by atoms with Gasteiger partial charge < -0.3 is 8.85 Å². The predicted molar refractivity (Wildman–Crippen MR) is 117 cm³/mol. The van der Waals surface area contributed by atoms with E-state index in [1.807, 2.05) is 5.70 Å². The van der Waals surface area contributed by atoms with Crippen LogP contribution in [0.1, 0.15) is 27.2 Å². The smallest absolute Gasteiger partial charge is 0.216 e. The number of rotatable bonds is 10. The Morgan fingerprint density at radius 1 is 0.913 bits per heavy atom. The van der Waals surface area contributed by atoms with Crippen LogP contribution < -0.4 is 0 Å². The van der Waals surface area contributed by atoms with Gasteiger partial charge in [-0.3, -0.25) is 0 Å². The van der Waals surface area contributed by atoms with Crippen LogP contribution in [0, 0.1) is 0 Å². The highest BCUT2D eigenvalue weighted by atomic mass is 31.0. The first-order valence-corrected chi connectivity index (χ1v) is 18.3. The van der Waals surface area contributed by atoms with E-state index in [1.165, 1.54) is 0 Å². The van der Waals surface area contributed by atoms with Crippen molar-refractivity contribution in [2.75, 3.05) is 6.16 Å². The second-order valence-electron chi connectivity index (χ2n) is 8.47. The van der Waals surface area contributed by atoms with Crippen LogP contribution in [0.5, 0.6) is 0 Å². The molecule has 0 aromatic rings. The van der Waals surface area contributed by atoms with Crippen LogP contribution in [-0.4, -0.2) is 41.3 Å². The minimum Gasteiger partial charge on any atom is -0.411 e. The molecule has 3 atom stereocenters. The van der Waals surface area contributed by atoms with Crippen molar-refractivity contribution in [3.05, 3.63) is 24.6 Å². The Labute approximate surface area is 150 Å². The van der Waals surface area contributed by atoms with Crippen molar-refractivity contribution in [1.82, 2.24) is 0 Å². The summed E-state index contributed by atoms with van der Waals surface area (Å²) < 4.78 is 13.6. The lowest BCUT2D eigenvalue weighted by Crippen LogP contribution is -2.67.